The molecule has 0 bridgehead atoms. The lowest BCUT2D eigenvalue weighted by Crippen LogP contribution is -2.30. The van der Waals surface area contributed by atoms with Gasteiger partial charge in [0.05, 0.1) is 25.0 Å². The Balaban J connectivity index is 1.79. The van der Waals surface area contributed by atoms with Gasteiger partial charge in [-0.15, -0.1) is 0 Å². The van der Waals surface area contributed by atoms with Crippen LogP contribution in [0.25, 0.3) is 0 Å². The molecule has 1 saturated heterocycles. The topological polar surface area (TPSA) is 72.7 Å². The van der Waals surface area contributed by atoms with Crippen LogP contribution in [0.3, 0.4) is 0 Å². The minimum Gasteiger partial charge on any atom is -0.463 e. The lowest BCUT2D eigenvalue weighted by Gasteiger charge is -2.19. The minimum atomic E-state index is -3.59. The number of fused-ring (bicyclic) bond motifs is 1. The van der Waals surface area contributed by atoms with Crippen LogP contribution in [0, 0.1) is 0 Å². The molecule has 0 saturated carbocycles. The Morgan fingerprint density at radius 1 is 1.29 bits per heavy atom. The highest BCUT2D eigenvalue weighted by molar-refractivity contribution is 7.86. The van der Waals surface area contributed by atoms with Crippen LogP contribution in [-0.4, -0.2) is 50.3 Å². The van der Waals surface area contributed by atoms with Gasteiger partial charge in [0.2, 0.25) is 0 Å². The third-order valence-corrected chi connectivity index (χ3v) is 4.84. The molecular weight excluding hydrogens is 330 g/mol. The molecule has 1 heterocycles. The molecule has 0 N–H and O–H groups in total. The molecule has 4 atom stereocenters. The Bertz CT molecular complexity index is 744. The predicted molar refractivity (Wildman–Crippen MR) is 88.6 cm³/mol. The summed E-state index contributed by atoms with van der Waals surface area (Å²) in [5.74, 6) is -0.399. The lowest BCUT2D eigenvalue weighted by atomic mass is 9.97. The molecular formula is C17H21NO5S. The van der Waals surface area contributed by atoms with Crippen molar-refractivity contribution in [2.24, 2.45) is 0 Å². The zero-order valence-electron chi connectivity index (χ0n) is 13.7. The molecule has 0 radical (unpaired) electrons. The SMILES string of the molecule is CCOC(=O)C1=C[C@H]2[C@@H]([C@@H](OS(C)(=O)=O)C1)N2Cc1ccccc1. The second-order valence-electron chi connectivity index (χ2n) is 6.09. The van der Waals surface area contributed by atoms with Gasteiger partial charge in [-0.3, -0.25) is 9.08 Å². The Labute approximate surface area is 142 Å². The van der Waals surface area contributed by atoms with E-state index in [1.807, 2.05) is 36.4 Å². The van der Waals surface area contributed by atoms with Gasteiger partial charge in [-0.1, -0.05) is 36.4 Å². The summed E-state index contributed by atoms with van der Waals surface area (Å²) < 4.78 is 33.4. The first-order chi connectivity index (χ1) is 11.4. The Kier molecular flexibility index (Phi) is 4.76. The molecule has 2 aliphatic rings. The molecule has 1 aromatic rings. The lowest BCUT2D eigenvalue weighted by molar-refractivity contribution is -0.139. The van der Waals surface area contributed by atoms with Crippen molar-refractivity contribution in [3.63, 3.8) is 0 Å². The van der Waals surface area contributed by atoms with Crippen LogP contribution in [-0.2, 0) is 30.4 Å². The van der Waals surface area contributed by atoms with Crippen molar-refractivity contribution in [3.05, 3.63) is 47.5 Å². The molecule has 0 amide bonds. The first kappa shape index (κ1) is 17.1. The highest BCUT2D eigenvalue weighted by Crippen LogP contribution is 2.42. The van der Waals surface area contributed by atoms with Gasteiger partial charge in [0.15, 0.2) is 0 Å². The van der Waals surface area contributed by atoms with Crippen molar-refractivity contribution in [1.82, 2.24) is 4.90 Å². The second-order valence-corrected chi connectivity index (χ2v) is 7.70. The molecule has 3 rings (SSSR count). The second kappa shape index (κ2) is 6.66. The van der Waals surface area contributed by atoms with Crippen molar-refractivity contribution in [3.8, 4) is 0 Å². The van der Waals surface area contributed by atoms with E-state index in [2.05, 4.69) is 4.90 Å². The monoisotopic (exact) mass is 351 g/mol. The van der Waals surface area contributed by atoms with Crippen molar-refractivity contribution in [2.45, 2.75) is 38.1 Å². The fourth-order valence-corrected chi connectivity index (χ4v) is 3.88. The molecule has 0 aromatic heterocycles. The van der Waals surface area contributed by atoms with E-state index in [-0.39, 0.29) is 25.1 Å². The van der Waals surface area contributed by atoms with Crippen LogP contribution in [0.1, 0.15) is 18.9 Å². The summed E-state index contributed by atoms with van der Waals surface area (Å²) in [6, 6.07) is 9.90. The number of nitrogens with zero attached hydrogens (tertiary/aromatic N) is 1. The number of esters is 1. The maximum absolute atomic E-state index is 12.0. The van der Waals surface area contributed by atoms with Gasteiger partial charge < -0.3 is 4.74 Å². The maximum atomic E-state index is 12.0. The fourth-order valence-electron chi connectivity index (χ4n) is 3.25. The normalized spacial score (nSPS) is 28.7. The minimum absolute atomic E-state index is 0.00473. The number of carbonyl (C=O) groups excluding carboxylic acids is 1. The quantitative estimate of drug-likeness (QED) is 0.439. The molecule has 1 aliphatic heterocycles. The Morgan fingerprint density at radius 3 is 2.62 bits per heavy atom. The van der Waals surface area contributed by atoms with Gasteiger partial charge >= 0.3 is 5.97 Å². The number of hydrogen-bond acceptors (Lipinski definition) is 6. The van der Waals surface area contributed by atoms with Crippen LogP contribution in [0.5, 0.6) is 0 Å². The van der Waals surface area contributed by atoms with Crippen LogP contribution in [0.2, 0.25) is 0 Å². The van der Waals surface area contributed by atoms with E-state index < -0.39 is 22.2 Å². The summed E-state index contributed by atoms with van der Waals surface area (Å²) >= 11 is 0. The highest BCUT2D eigenvalue weighted by Gasteiger charge is 2.55. The summed E-state index contributed by atoms with van der Waals surface area (Å²) in [7, 11) is -3.59. The molecule has 24 heavy (non-hydrogen) atoms. The van der Waals surface area contributed by atoms with Gasteiger partial charge in [-0.05, 0) is 12.5 Å². The highest BCUT2D eigenvalue weighted by atomic mass is 32.2. The molecule has 1 aliphatic carbocycles. The largest absolute Gasteiger partial charge is 0.463 e. The predicted octanol–water partition coefficient (Wildman–Crippen LogP) is 1.48. The summed E-state index contributed by atoms with van der Waals surface area (Å²) in [4.78, 5) is 14.2. The van der Waals surface area contributed by atoms with Crippen molar-refractivity contribution in [1.29, 1.82) is 0 Å². The van der Waals surface area contributed by atoms with E-state index in [9.17, 15) is 13.2 Å². The first-order valence-corrected chi connectivity index (χ1v) is 9.76. The van der Waals surface area contributed by atoms with E-state index in [0.717, 1.165) is 11.8 Å². The van der Waals surface area contributed by atoms with Gasteiger partial charge in [-0.25, -0.2) is 4.79 Å². The summed E-state index contributed by atoms with van der Waals surface area (Å²) in [5.41, 5.74) is 1.62. The van der Waals surface area contributed by atoms with Gasteiger partial charge in [0.1, 0.15) is 0 Å². The van der Waals surface area contributed by atoms with Crippen LogP contribution in [0.15, 0.2) is 42.0 Å². The number of hydrogen-bond donors (Lipinski definition) is 0. The zero-order valence-corrected chi connectivity index (χ0v) is 14.5. The third kappa shape index (κ3) is 3.85. The van der Waals surface area contributed by atoms with E-state index in [4.69, 9.17) is 8.92 Å². The zero-order chi connectivity index (χ0) is 17.3. The van der Waals surface area contributed by atoms with E-state index in [0.29, 0.717) is 12.1 Å². The van der Waals surface area contributed by atoms with Gasteiger partial charge in [0, 0.05) is 24.6 Å². The number of ether oxygens (including phenoxy) is 1. The van der Waals surface area contributed by atoms with Gasteiger partial charge in [-0.2, -0.15) is 8.42 Å². The van der Waals surface area contributed by atoms with E-state index in [1.54, 1.807) is 6.92 Å². The van der Waals surface area contributed by atoms with Gasteiger partial charge in [0.25, 0.3) is 10.1 Å². The Morgan fingerprint density at radius 2 is 2.00 bits per heavy atom. The smallest absolute Gasteiger partial charge is 0.333 e. The molecule has 7 heteroatoms. The van der Waals surface area contributed by atoms with Crippen LogP contribution >= 0.6 is 0 Å². The fraction of sp³-hybridized carbons (Fsp3) is 0.471. The van der Waals surface area contributed by atoms with Crippen molar-refractivity contribution in [2.75, 3.05) is 12.9 Å². The first-order valence-electron chi connectivity index (χ1n) is 7.95. The molecule has 130 valence electrons. The molecule has 6 nitrogen and oxygen atoms in total. The van der Waals surface area contributed by atoms with Crippen molar-refractivity contribution < 1.29 is 22.1 Å². The molecule has 1 aromatic carbocycles. The molecule has 0 spiro atoms. The standard InChI is InChI=1S/C17H21NO5S/c1-3-22-17(19)13-9-14-16(15(10-13)23-24(2,20)21)18(14)11-12-7-5-4-6-8-12/h4-9,14-16H,3,10-11H2,1-2H3/t14-,15-,16-,18?/m0/s1. The average Bonchev–Trinajstić information content (AvgIpc) is 3.20. The molecule has 1 fully saturated rings. The number of benzene rings is 1. The van der Waals surface area contributed by atoms with Crippen LogP contribution in [0.4, 0.5) is 0 Å². The Hall–Kier alpha value is -1.70. The summed E-state index contributed by atoms with van der Waals surface area (Å²) in [5, 5.41) is 0. The third-order valence-electron chi connectivity index (χ3n) is 4.24. The van der Waals surface area contributed by atoms with Crippen LogP contribution < -0.4 is 0 Å². The average molecular weight is 351 g/mol. The number of rotatable bonds is 6. The molecule has 1 unspecified atom stereocenters. The summed E-state index contributed by atoms with van der Waals surface area (Å²) in [6.45, 7) is 2.72. The van der Waals surface area contributed by atoms with E-state index in [1.165, 1.54) is 0 Å². The summed E-state index contributed by atoms with van der Waals surface area (Å²) in [6.07, 6.45) is 2.61. The maximum Gasteiger partial charge on any atom is 0.333 e. The van der Waals surface area contributed by atoms with Crippen molar-refractivity contribution >= 4 is 16.1 Å². The number of carbonyl (C=O) groups is 1. The van der Waals surface area contributed by atoms with E-state index >= 15 is 0 Å².